The molecule has 2 rings (SSSR count). The average molecular weight is 374 g/mol. The van der Waals surface area contributed by atoms with E-state index < -0.39 is 5.60 Å². The molecule has 0 atom stereocenters. The summed E-state index contributed by atoms with van der Waals surface area (Å²) in [6.45, 7) is 1.35. The molecule has 0 unspecified atom stereocenters. The van der Waals surface area contributed by atoms with Crippen molar-refractivity contribution in [2.75, 3.05) is 39.1 Å². The quantitative estimate of drug-likeness (QED) is 0.829. The number of likely N-dealkylation sites (N-methyl/N-ethyl adjacent to an activating group) is 1. The first-order valence-electron chi connectivity index (χ1n) is 7.64. The van der Waals surface area contributed by atoms with Gasteiger partial charge in [-0.15, -0.1) is 0 Å². The summed E-state index contributed by atoms with van der Waals surface area (Å²) in [5.74, 6) is -0.500. The predicted octanol–water partition coefficient (Wildman–Crippen LogP) is 2.16. The molecule has 132 valence electrons. The standard InChI is InChI=1S/C16H21Cl2N3O3/c1-21(15(23)16(24-2)5-7-19-8-6-16)10-14(22)20-11-3-4-12(17)13(18)9-11/h3-4,9,19H,5-8,10H2,1-2H3,(H,20,22). The van der Waals surface area contributed by atoms with Crippen molar-refractivity contribution < 1.29 is 14.3 Å². The maximum Gasteiger partial charge on any atom is 0.255 e. The van der Waals surface area contributed by atoms with Crippen LogP contribution in [-0.2, 0) is 14.3 Å². The Labute approximate surface area is 151 Å². The molecule has 0 aromatic heterocycles. The van der Waals surface area contributed by atoms with Crippen LogP contribution in [-0.4, -0.2) is 56.1 Å². The Morgan fingerprint density at radius 3 is 2.54 bits per heavy atom. The first-order chi connectivity index (χ1) is 11.4. The fourth-order valence-corrected chi connectivity index (χ4v) is 3.04. The van der Waals surface area contributed by atoms with Gasteiger partial charge in [-0.25, -0.2) is 0 Å². The maximum absolute atomic E-state index is 12.7. The third kappa shape index (κ3) is 4.39. The van der Waals surface area contributed by atoms with E-state index in [-0.39, 0.29) is 18.4 Å². The molecule has 2 N–H and O–H groups in total. The van der Waals surface area contributed by atoms with Gasteiger partial charge in [0.1, 0.15) is 5.60 Å². The van der Waals surface area contributed by atoms with Crippen LogP contribution in [0.2, 0.25) is 10.0 Å². The molecule has 1 aliphatic heterocycles. The second-order valence-electron chi connectivity index (χ2n) is 5.79. The molecule has 8 heteroatoms. The van der Waals surface area contributed by atoms with Gasteiger partial charge in [0.25, 0.3) is 5.91 Å². The number of nitrogens with zero attached hydrogens (tertiary/aromatic N) is 1. The van der Waals surface area contributed by atoms with Gasteiger partial charge in [0.15, 0.2) is 0 Å². The van der Waals surface area contributed by atoms with E-state index in [1.807, 2.05) is 0 Å². The number of hydrogen-bond donors (Lipinski definition) is 2. The van der Waals surface area contributed by atoms with Crippen LogP contribution in [0.15, 0.2) is 18.2 Å². The zero-order chi connectivity index (χ0) is 17.7. The minimum atomic E-state index is -0.857. The number of ether oxygens (including phenoxy) is 1. The molecule has 1 saturated heterocycles. The fraction of sp³-hybridized carbons (Fsp3) is 0.500. The maximum atomic E-state index is 12.7. The Balaban J connectivity index is 1.97. The SMILES string of the molecule is COC1(C(=O)N(C)CC(=O)Nc2ccc(Cl)c(Cl)c2)CCNCC1. The van der Waals surface area contributed by atoms with Crippen LogP contribution in [0.4, 0.5) is 5.69 Å². The first kappa shape index (κ1) is 19.0. The monoisotopic (exact) mass is 373 g/mol. The Bertz CT molecular complexity index is 619. The van der Waals surface area contributed by atoms with Crippen LogP contribution in [0.5, 0.6) is 0 Å². The van der Waals surface area contributed by atoms with Crippen LogP contribution in [0.3, 0.4) is 0 Å². The number of hydrogen-bond acceptors (Lipinski definition) is 4. The third-order valence-electron chi connectivity index (χ3n) is 4.12. The highest BCUT2D eigenvalue weighted by Gasteiger charge is 2.41. The summed E-state index contributed by atoms with van der Waals surface area (Å²) in [4.78, 5) is 26.2. The van der Waals surface area contributed by atoms with Gasteiger partial charge < -0.3 is 20.3 Å². The number of carbonyl (C=O) groups is 2. The molecule has 0 bridgehead atoms. The fourth-order valence-electron chi connectivity index (χ4n) is 2.75. The van der Waals surface area contributed by atoms with Crippen molar-refractivity contribution in [3.63, 3.8) is 0 Å². The number of carbonyl (C=O) groups excluding carboxylic acids is 2. The minimum absolute atomic E-state index is 0.0718. The normalized spacial score (nSPS) is 16.5. The van der Waals surface area contributed by atoms with Crippen molar-refractivity contribution in [1.29, 1.82) is 0 Å². The smallest absolute Gasteiger partial charge is 0.255 e. The molecule has 0 aliphatic carbocycles. The summed E-state index contributed by atoms with van der Waals surface area (Å²) in [6, 6.07) is 4.81. The van der Waals surface area contributed by atoms with E-state index in [0.29, 0.717) is 41.7 Å². The van der Waals surface area contributed by atoms with E-state index in [1.54, 1.807) is 25.2 Å². The molecule has 24 heavy (non-hydrogen) atoms. The number of methoxy groups -OCH3 is 1. The van der Waals surface area contributed by atoms with Gasteiger partial charge in [-0.3, -0.25) is 9.59 Å². The Morgan fingerprint density at radius 1 is 1.29 bits per heavy atom. The van der Waals surface area contributed by atoms with E-state index in [4.69, 9.17) is 27.9 Å². The van der Waals surface area contributed by atoms with Crippen molar-refractivity contribution >= 4 is 40.7 Å². The number of piperidine rings is 1. The molecule has 1 aromatic carbocycles. The molecule has 0 radical (unpaired) electrons. The van der Waals surface area contributed by atoms with Crippen LogP contribution in [0.25, 0.3) is 0 Å². The van der Waals surface area contributed by atoms with E-state index in [2.05, 4.69) is 10.6 Å². The largest absolute Gasteiger partial charge is 0.368 e. The summed E-state index contributed by atoms with van der Waals surface area (Å²) in [5.41, 5.74) is -0.331. The number of benzene rings is 1. The lowest BCUT2D eigenvalue weighted by molar-refractivity contribution is -0.157. The number of rotatable bonds is 5. The number of halogens is 2. The summed E-state index contributed by atoms with van der Waals surface area (Å²) in [5, 5.41) is 6.66. The number of anilines is 1. The molecule has 1 aromatic rings. The second-order valence-corrected chi connectivity index (χ2v) is 6.60. The summed E-state index contributed by atoms with van der Waals surface area (Å²) in [7, 11) is 3.13. The summed E-state index contributed by atoms with van der Waals surface area (Å²) in [6.07, 6.45) is 1.17. The van der Waals surface area contributed by atoms with Crippen molar-refractivity contribution in [2.45, 2.75) is 18.4 Å². The second kappa shape index (κ2) is 8.16. The highest BCUT2D eigenvalue weighted by Crippen LogP contribution is 2.26. The Hall–Kier alpha value is -1.34. The molecular weight excluding hydrogens is 353 g/mol. The molecule has 2 amide bonds. The van der Waals surface area contributed by atoms with Crippen LogP contribution < -0.4 is 10.6 Å². The summed E-state index contributed by atoms with van der Waals surface area (Å²) >= 11 is 11.8. The van der Waals surface area contributed by atoms with E-state index in [0.717, 1.165) is 0 Å². The first-order valence-corrected chi connectivity index (χ1v) is 8.40. The molecule has 1 aliphatic rings. The van der Waals surface area contributed by atoms with E-state index >= 15 is 0 Å². The highest BCUT2D eigenvalue weighted by molar-refractivity contribution is 6.42. The van der Waals surface area contributed by atoms with Crippen molar-refractivity contribution in [2.24, 2.45) is 0 Å². The minimum Gasteiger partial charge on any atom is -0.368 e. The highest BCUT2D eigenvalue weighted by atomic mass is 35.5. The lowest BCUT2D eigenvalue weighted by atomic mass is 9.90. The molecular formula is C16H21Cl2N3O3. The van der Waals surface area contributed by atoms with Gasteiger partial charge in [-0.1, -0.05) is 23.2 Å². The van der Waals surface area contributed by atoms with Crippen molar-refractivity contribution in [3.8, 4) is 0 Å². The van der Waals surface area contributed by atoms with Crippen molar-refractivity contribution in [3.05, 3.63) is 28.2 Å². The molecule has 1 fully saturated rings. The summed E-state index contributed by atoms with van der Waals surface area (Å²) < 4.78 is 5.50. The average Bonchev–Trinajstić information content (AvgIpc) is 2.58. The van der Waals surface area contributed by atoms with E-state index in [1.165, 1.54) is 12.0 Å². The molecule has 6 nitrogen and oxygen atoms in total. The lowest BCUT2D eigenvalue weighted by Crippen LogP contribution is -2.55. The van der Waals surface area contributed by atoms with Crippen LogP contribution >= 0.6 is 23.2 Å². The molecule has 1 heterocycles. The van der Waals surface area contributed by atoms with Gasteiger partial charge in [-0.05, 0) is 44.1 Å². The van der Waals surface area contributed by atoms with Gasteiger partial charge >= 0.3 is 0 Å². The number of amides is 2. The lowest BCUT2D eigenvalue weighted by Gasteiger charge is -2.37. The molecule has 0 spiro atoms. The Morgan fingerprint density at radius 2 is 1.96 bits per heavy atom. The predicted molar refractivity (Wildman–Crippen MR) is 94.6 cm³/mol. The van der Waals surface area contributed by atoms with Gasteiger partial charge in [0.05, 0.1) is 16.6 Å². The van der Waals surface area contributed by atoms with Gasteiger partial charge in [0, 0.05) is 19.8 Å². The van der Waals surface area contributed by atoms with Crippen LogP contribution in [0.1, 0.15) is 12.8 Å². The zero-order valence-electron chi connectivity index (χ0n) is 13.7. The third-order valence-corrected chi connectivity index (χ3v) is 4.86. The van der Waals surface area contributed by atoms with Crippen molar-refractivity contribution in [1.82, 2.24) is 10.2 Å². The topological polar surface area (TPSA) is 70.7 Å². The number of nitrogens with one attached hydrogen (secondary N) is 2. The van der Waals surface area contributed by atoms with Gasteiger partial charge in [-0.2, -0.15) is 0 Å². The van der Waals surface area contributed by atoms with Crippen LogP contribution in [0, 0.1) is 0 Å². The van der Waals surface area contributed by atoms with E-state index in [9.17, 15) is 9.59 Å². The molecule has 0 saturated carbocycles. The van der Waals surface area contributed by atoms with Gasteiger partial charge in [0.2, 0.25) is 5.91 Å². The Kier molecular flexibility index (Phi) is 6.46. The zero-order valence-corrected chi connectivity index (χ0v) is 15.2.